The van der Waals surface area contributed by atoms with Crippen molar-refractivity contribution < 1.29 is 4.74 Å². The minimum Gasteiger partial charge on any atom is -0.374 e. The predicted octanol–water partition coefficient (Wildman–Crippen LogP) is 2.84. The third-order valence-electron chi connectivity index (χ3n) is 2.63. The Labute approximate surface area is 143 Å². The van der Waals surface area contributed by atoms with E-state index in [1.807, 2.05) is 38.6 Å². The van der Waals surface area contributed by atoms with Crippen LogP contribution in [0.4, 0.5) is 0 Å². The van der Waals surface area contributed by atoms with Crippen LogP contribution in [0.1, 0.15) is 60.6 Å². The van der Waals surface area contributed by atoms with E-state index in [9.17, 15) is 0 Å². The van der Waals surface area contributed by atoms with Gasteiger partial charge in [0.1, 0.15) is 5.69 Å². The normalized spacial score (nSPS) is 9.91. The molecule has 0 spiro atoms. The Morgan fingerprint density at radius 2 is 1.87 bits per heavy atom. The zero-order valence-corrected chi connectivity index (χ0v) is 16.4. The quantitative estimate of drug-likeness (QED) is 0.611. The van der Waals surface area contributed by atoms with Gasteiger partial charge in [-0.25, -0.2) is 0 Å². The molecular weight excluding hydrogens is 290 g/mol. The van der Waals surface area contributed by atoms with Crippen molar-refractivity contribution in [2.24, 2.45) is 0 Å². The molecule has 23 heavy (non-hydrogen) atoms. The highest BCUT2D eigenvalue weighted by Crippen LogP contribution is 1.97. The van der Waals surface area contributed by atoms with Crippen molar-refractivity contribution in [3.05, 3.63) is 11.9 Å². The molecule has 6 heteroatoms. The van der Waals surface area contributed by atoms with Gasteiger partial charge in [0.25, 0.3) is 0 Å². The average Bonchev–Trinajstić information content (AvgIpc) is 3.02. The van der Waals surface area contributed by atoms with Crippen LogP contribution in [0.15, 0.2) is 6.20 Å². The van der Waals surface area contributed by atoms with Gasteiger partial charge in [-0.2, -0.15) is 0 Å². The maximum atomic E-state index is 5.54. The molecule has 1 heterocycles. The number of hydrogen-bond donors (Lipinski definition) is 2. The van der Waals surface area contributed by atoms with Crippen LogP contribution in [-0.2, 0) is 17.9 Å². The van der Waals surface area contributed by atoms with Crippen LogP contribution in [-0.4, -0.2) is 47.3 Å². The van der Waals surface area contributed by atoms with Crippen molar-refractivity contribution in [1.82, 2.24) is 25.6 Å². The number of nitrogens with one attached hydrogen (secondary N) is 2. The molecule has 0 radical (unpaired) electrons. The third-order valence-corrected chi connectivity index (χ3v) is 2.63. The molecule has 0 unspecified atom stereocenters. The largest absolute Gasteiger partial charge is 0.374 e. The van der Waals surface area contributed by atoms with Gasteiger partial charge in [-0.15, -0.1) is 5.10 Å². The van der Waals surface area contributed by atoms with E-state index >= 15 is 0 Å². The summed E-state index contributed by atoms with van der Waals surface area (Å²) < 4.78 is 7.41. The molecule has 0 aliphatic carbocycles. The van der Waals surface area contributed by atoms with Crippen molar-refractivity contribution in [2.75, 3.05) is 26.2 Å². The van der Waals surface area contributed by atoms with Crippen LogP contribution in [0.5, 0.6) is 0 Å². The molecule has 0 aliphatic rings. The fourth-order valence-corrected chi connectivity index (χ4v) is 1.65. The van der Waals surface area contributed by atoms with Crippen molar-refractivity contribution >= 4 is 0 Å². The molecule has 1 aromatic heterocycles. The number of nitrogens with zero attached hydrogens (tertiary/aromatic N) is 3. The second-order valence-corrected chi connectivity index (χ2v) is 4.84. The SMILES string of the molecule is CC.CC.CCNCCCn1cc(COCCNC(C)C)nn1. The zero-order chi connectivity index (χ0) is 17.9. The van der Waals surface area contributed by atoms with E-state index in [0.29, 0.717) is 19.3 Å². The highest BCUT2D eigenvalue weighted by Gasteiger charge is 2.01. The first-order valence-electron chi connectivity index (χ1n) is 9.13. The van der Waals surface area contributed by atoms with E-state index in [4.69, 9.17) is 4.74 Å². The van der Waals surface area contributed by atoms with Crippen LogP contribution >= 0.6 is 0 Å². The topological polar surface area (TPSA) is 64.0 Å². The van der Waals surface area contributed by atoms with E-state index in [0.717, 1.165) is 38.3 Å². The molecular formula is C17H39N5O. The first-order chi connectivity index (χ1) is 11.2. The van der Waals surface area contributed by atoms with Gasteiger partial charge in [-0.3, -0.25) is 4.68 Å². The van der Waals surface area contributed by atoms with Crippen LogP contribution in [0.3, 0.4) is 0 Å². The van der Waals surface area contributed by atoms with Crippen LogP contribution in [0.25, 0.3) is 0 Å². The third kappa shape index (κ3) is 15.7. The molecule has 0 fully saturated rings. The van der Waals surface area contributed by atoms with Gasteiger partial charge in [0, 0.05) is 19.1 Å². The lowest BCUT2D eigenvalue weighted by Crippen LogP contribution is -2.26. The molecule has 2 N–H and O–H groups in total. The molecule has 1 rings (SSSR count). The van der Waals surface area contributed by atoms with E-state index in [1.165, 1.54) is 0 Å². The van der Waals surface area contributed by atoms with Gasteiger partial charge in [-0.1, -0.05) is 53.7 Å². The summed E-state index contributed by atoms with van der Waals surface area (Å²) in [5.74, 6) is 0. The fourth-order valence-electron chi connectivity index (χ4n) is 1.65. The van der Waals surface area contributed by atoms with Crippen molar-refractivity contribution in [3.8, 4) is 0 Å². The second kappa shape index (κ2) is 19.1. The lowest BCUT2D eigenvalue weighted by Gasteiger charge is -2.07. The molecule has 0 saturated heterocycles. The van der Waals surface area contributed by atoms with Gasteiger partial charge in [0.15, 0.2) is 0 Å². The Morgan fingerprint density at radius 3 is 2.48 bits per heavy atom. The summed E-state index contributed by atoms with van der Waals surface area (Å²) >= 11 is 0. The summed E-state index contributed by atoms with van der Waals surface area (Å²) in [7, 11) is 0. The number of rotatable bonds is 11. The Bertz CT molecular complexity index is 329. The summed E-state index contributed by atoms with van der Waals surface area (Å²) in [6.45, 7) is 19.4. The maximum Gasteiger partial charge on any atom is 0.108 e. The molecule has 0 amide bonds. The molecule has 0 aliphatic heterocycles. The molecule has 0 aromatic carbocycles. The van der Waals surface area contributed by atoms with Crippen LogP contribution < -0.4 is 10.6 Å². The summed E-state index contributed by atoms with van der Waals surface area (Å²) in [6.07, 6.45) is 3.03. The van der Waals surface area contributed by atoms with Gasteiger partial charge in [-0.05, 0) is 19.5 Å². The van der Waals surface area contributed by atoms with Crippen LogP contribution in [0, 0.1) is 0 Å². The van der Waals surface area contributed by atoms with Crippen molar-refractivity contribution in [3.63, 3.8) is 0 Å². The lowest BCUT2D eigenvalue weighted by molar-refractivity contribution is 0.119. The lowest BCUT2D eigenvalue weighted by atomic mass is 10.4. The Kier molecular flexibility index (Phi) is 20.1. The first-order valence-corrected chi connectivity index (χ1v) is 9.13. The summed E-state index contributed by atoms with van der Waals surface area (Å²) in [5, 5.41) is 14.8. The molecule has 0 bridgehead atoms. The molecule has 6 nitrogen and oxygen atoms in total. The Hall–Kier alpha value is -0.980. The maximum absolute atomic E-state index is 5.54. The smallest absolute Gasteiger partial charge is 0.108 e. The van der Waals surface area contributed by atoms with E-state index < -0.39 is 0 Å². The zero-order valence-electron chi connectivity index (χ0n) is 16.4. The average molecular weight is 330 g/mol. The molecule has 138 valence electrons. The minimum absolute atomic E-state index is 0.501. The second-order valence-electron chi connectivity index (χ2n) is 4.84. The minimum atomic E-state index is 0.501. The van der Waals surface area contributed by atoms with E-state index in [-0.39, 0.29) is 0 Å². The highest BCUT2D eigenvalue weighted by molar-refractivity contribution is 4.89. The molecule has 0 atom stereocenters. The van der Waals surface area contributed by atoms with Gasteiger partial charge >= 0.3 is 0 Å². The standard InChI is InChI=1S/C13H27N5O.2C2H6/c1-4-14-6-5-8-18-10-13(16-17-18)11-19-9-7-15-12(2)3;2*1-2/h10,12,14-15H,4-9,11H2,1-3H3;2*1-2H3. The fraction of sp³-hybridized carbons (Fsp3) is 0.882. The van der Waals surface area contributed by atoms with E-state index in [2.05, 4.69) is 41.7 Å². The van der Waals surface area contributed by atoms with Gasteiger partial charge < -0.3 is 15.4 Å². The Morgan fingerprint density at radius 1 is 1.17 bits per heavy atom. The number of aryl methyl sites for hydroxylation is 1. The molecule has 1 aromatic rings. The summed E-state index contributed by atoms with van der Waals surface area (Å²) in [4.78, 5) is 0. The van der Waals surface area contributed by atoms with Gasteiger partial charge in [0.05, 0.1) is 19.4 Å². The highest BCUT2D eigenvalue weighted by atomic mass is 16.5. The van der Waals surface area contributed by atoms with Gasteiger partial charge in [0.2, 0.25) is 0 Å². The summed E-state index contributed by atoms with van der Waals surface area (Å²) in [5.41, 5.74) is 0.896. The summed E-state index contributed by atoms with van der Waals surface area (Å²) in [6, 6.07) is 0.501. The number of hydrogen-bond acceptors (Lipinski definition) is 5. The first kappa shape index (κ1) is 24.3. The predicted molar refractivity (Wildman–Crippen MR) is 98.7 cm³/mol. The Balaban J connectivity index is 0. The van der Waals surface area contributed by atoms with E-state index in [1.54, 1.807) is 0 Å². The number of ether oxygens (including phenoxy) is 1. The van der Waals surface area contributed by atoms with Crippen molar-refractivity contribution in [1.29, 1.82) is 0 Å². The van der Waals surface area contributed by atoms with Crippen molar-refractivity contribution in [2.45, 2.75) is 74.1 Å². The monoisotopic (exact) mass is 329 g/mol. The number of aromatic nitrogens is 3. The molecule has 0 saturated carbocycles. The van der Waals surface area contributed by atoms with Crippen LogP contribution in [0.2, 0.25) is 0 Å².